The van der Waals surface area contributed by atoms with Crippen molar-refractivity contribution in [2.24, 2.45) is 0 Å². The quantitative estimate of drug-likeness (QED) is 0.369. The molecule has 0 spiro atoms. The third kappa shape index (κ3) is 6.97. The lowest BCUT2D eigenvalue weighted by Gasteiger charge is -2.16. The second-order valence-electron chi connectivity index (χ2n) is 6.48. The Hall–Kier alpha value is -2.15. The Labute approximate surface area is 189 Å². The average molecular weight is 499 g/mol. The van der Waals surface area contributed by atoms with Crippen LogP contribution >= 0.6 is 28.3 Å². The largest absolute Gasteiger partial charge is 0.490 e. The second kappa shape index (κ2) is 11.9. The molecule has 0 saturated heterocycles. The van der Waals surface area contributed by atoms with Crippen LogP contribution in [0.1, 0.15) is 23.6 Å². The van der Waals surface area contributed by atoms with Crippen LogP contribution in [0.15, 0.2) is 65.1 Å². The Bertz CT molecular complexity index is 937. The number of hydrogen-bond donors (Lipinski definition) is 1. The topological polar surface area (TPSA) is 30.5 Å². The minimum atomic E-state index is -0.276. The molecule has 0 aliphatic rings. The van der Waals surface area contributed by atoms with Gasteiger partial charge in [-0.25, -0.2) is 8.78 Å². The van der Waals surface area contributed by atoms with Crippen molar-refractivity contribution in [1.82, 2.24) is 5.32 Å². The number of halogens is 4. The molecule has 3 aromatic carbocycles. The molecule has 0 atom stereocenters. The minimum Gasteiger partial charge on any atom is -0.490 e. The van der Waals surface area contributed by atoms with Crippen LogP contribution in [0.5, 0.6) is 11.5 Å². The molecule has 0 aliphatic carbocycles. The zero-order valence-corrected chi connectivity index (χ0v) is 18.9. The summed E-state index contributed by atoms with van der Waals surface area (Å²) >= 11 is 3.56. The first-order chi connectivity index (χ1) is 14.0. The predicted octanol–water partition coefficient (Wildman–Crippen LogP) is 6.42. The molecule has 0 bridgehead atoms. The molecule has 3 rings (SSSR count). The first-order valence-corrected chi connectivity index (χ1v) is 10.1. The predicted molar refractivity (Wildman–Crippen MR) is 120 cm³/mol. The van der Waals surface area contributed by atoms with Gasteiger partial charge in [-0.05, 0) is 75.9 Å². The van der Waals surface area contributed by atoms with E-state index < -0.39 is 0 Å². The lowest BCUT2D eigenvalue weighted by molar-refractivity contribution is 0.267. The van der Waals surface area contributed by atoms with Gasteiger partial charge in [-0.3, -0.25) is 0 Å². The number of ether oxygens (including phenoxy) is 2. The molecule has 3 aromatic rings. The highest BCUT2D eigenvalue weighted by Crippen LogP contribution is 2.37. The van der Waals surface area contributed by atoms with Crippen molar-refractivity contribution in [3.05, 3.63) is 93.5 Å². The Morgan fingerprint density at radius 3 is 1.97 bits per heavy atom. The van der Waals surface area contributed by atoms with Gasteiger partial charge in [0.25, 0.3) is 0 Å². The van der Waals surface area contributed by atoms with Gasteiger partial charge in [0, 0.05) is 13.1 Å². The van der Waals surface area contributed by atoms with Crippen LogP contribution in [0.2, 0.25) is 0 Å². The molecule has 160 valence electrons. The summed E-state index contributed by atoms with van der Waals surface area (Å²) in [6, 6.07) is 16.5. The van der Waals surface area contributed by atoms with E-state index in [4.69, 9.17) is 9.47 Å². The highest BCUT2D eigenvalue weighted by Gasteiger charge is 2.13. The van der Waals surface area contributed by atoms with E-state index in [0.717, 1.165) is 21.2 Å². The molecular formula is C23H23BrClF2NO2. The van der Waals surface area contributed by atoms with Crippen molar-refractivity contribution < 1.29 is 18.3 Å². The van der Waals surface area contributed by atoms with E-state index in [0.29, 0.717) is 37.8 Å². The van der Waals surface area contributed by atoms with Gasteiger partial charge in [-0.15, -0.1) is 12.4 Å². The zero-order chi connectivity index (χ0) is 20.6. The summed E-state index contributed by atoms with van der Waals surface area (Å²) in [5.41, 5.74) is 2.90. The smallest absolute Gasteiger partial charge is 0.175 e. The van der Waals surface area contributed by atoms with Crippen molar-refractivity contribution >= 4 is 28.3 Å². The van der Waals surface area contributed by atoms with Gasteiger partial charge in [0.05, 0.1) is 11.1 Å². The van der Waals surface area contributed by atoms with Crippen LogP contribution in [0.3, 0.4) is 0 Å². The van der Waals surface area contributed by atoms with Crippen LogP contribution in [0, 0.1) is 11.6 Å². The highest BCUT2D eigenvalue weighted by atomic mass is 79.9. The summed E-state index contributed by atoms with van der Waals surface area (Å²) in [5, 5.41) is 3.34. The van der Waals surface area contributed by atoms with Crippen molar-refractivity contribution in [3.63, 3.8) is 0 Å². The van der Waals surface area contributed by atoms with Crippen molar-refractivity contribution in [1.29, 1.82) is 0 Å². The maximum atomic E-state index is 13.1. The lowest BCUT2D eigenvalue weighted by atomic mass is 10.1. The fourth-order valence-corrected chi connectivity index (χ4v) is 3.42. The molecule has 0 aromatic heterocycles. The van der Waals surface area contributed by atoms with Crippen LogP contribution < -0.4 is 14.8 Å². The van der Waals surface area contributed by atoms with Gasteiger partial charge >= 0.3 is 0 Å². The van der Waals surface area contributed by atoms with E-state index in [2.05, 4.69) is 21.2 Å². The van der Waals surface area contributed by atoms with Gasteiger partial charge in [-0.1, -0.05) is 24.3 Å². The van der Waals surface area contributed by atoms with E-state index in [1.165, 1.54) is 24.3 Å². The van der Waals surface area contributed by atoms with Gasteiger partial charge < -0.3 is 14.8 Å². The van der Waals surface area contributed by atoms with E-state index in [9.17, 15) is 8.78 Å². The Morgan fingerprint density at radius 2 is 1.37 bits per heavy atom. The minimum absolute atomic E-state index is 0. The molecule has 0 heterocycles. The number of nitrogens with one attached hydrogen (secondary N) is 1. The Morgan fingerprint density at radius 1 is 0.800 bits per heavy atom. The van der Waals surface area contributed by atoms with E-state index in [1.54, 1.807) is 24.3 Å². The second-order valence-corrected chi connectivity index (χ2v) is 7.34. The third-order valence-electron chi connectivity index (χ3n) is 4.24. The lowest BCUT2D eigenvalue weighted by Crippen LogP contribution is -2.13. The molecular weight excluding hydrogens is 476 g/mol. The van der Waals surface area contributed by atoms with Crippen molar-refractivity contribution in [2.75, 3.05) is 6.61 Å². The maximum absolute atomic E-state index is 13.1. The van der Waals surface area contributed by atoms with Crippen LogP contribution in [0.25, 0.3) is 0 Å². The zero-order valence-electron chi connectivity index (χ0n) is 16.5. The molecule has 7 heteroatoms. The fourth-order valence-electron chi connectivity index (χ4n) is 2.82. The monoisotopic (exact) mass is 497 g/mol. The van der Waals surface area contributed by atoms with Gasteiger partial charge in [0.15, 0.2) is 11.5 Å². The van der Waals surface area contributed by atoms with Crippen LogP contribution in [0.4, 0.5) is 8.78 Å². The molecule has 0 radical (unpaired) electrons. The molecule has 3 nitrogen and oxygen atoms in total. The van der Waals surface area contributed by atoms with Crippen molar-refractivity contribution in [3.8, 4) is 11.5 Å². The van der Waals surface area contributed by atoms with Crippen molar-refractivity contribution in [2.45, 2.75) is 26.6 Å². The SMILES string of the molecule is CCOc1cc(CNCc2ccc(F)cc2)cc(Br)c1OCc1ccc(F)cc1.Cl. The first-order valence-electron chi connectivity index (χ1n) is 9.32. The normalized spacial score (nSPS) is 10.4. The highest BCUT2D eigenvalue weighted by molar-refractivity contribution is 9.10. The van der Waals surface area contributed by atoms with Gasteiger partial charge in [-0.2, -0.15) is 0 Å². The average Bonchev–Trinajstić information content (AvgIpc) is 2.70. The molecule has 1 N–H and O–H groups in total. The summed E-state index contributed by atoms with van der Waals surface area (Å²) in [6.07, 6.45) is 0. The molecule has 0 saturated carbocycles. The molecule has 0 unspecified atom stereocenters. The first kappa shape index (κ1) is 24.1. The fraction of sp³-hybridized carbons (Fsp3) is 0.217. The van der Waals surface area contributed by atoms with Gasteiger partial charge in [0.1, 0.15) is 18.2 Å². The number of benzene rings is 3. The summed E-state index contributed by atoms with van der Waals surface area (Å²) in [4.78, 5) is 0. The summed E-state index contributed by atoms with van der Waals surface area (Å²) in [7, 11) is 0. The summed E-state index contributed by atoms with van der Waals surface area (Å²) < 4.78 is 38.5. The number of hydrogen-bond acceptors (Lipinski definition) is 3. The summed E-state index contributed by atoms with van der Waals surface area (Å²) in [6.45, 7) is 3.98. The van der Waals surface area contributed by atoms with E-state index in [1.807, 2.05) is 19.1 Å². The molecule has 30 heavy (non-hydrogen) atoms. The molecule has 0 amide bonds. The third-order valence-corrected chi connectivity index (χ3v) is 4.83. The van der Waals surface area contributed by atoms with E-state index in [-0.39, 0.29) is 24.0 Å². The summed E-state index contributed by atoms with van der Waals surface area (Å²) in [5.74, 6) is 0.735. The van der Waals surface area contributed by atoms with Gasteiger partial charge in [0.2, 0.25) is 0 Å². The molecule has 0 aliphatic heterocycles. The standard InChI is InChI=1S/C23H22BrF2NO2.ClH/c1-2-28-22-12-18(14-27-13-16-3-7-19(25)8-4-16)11-21(24)23(22)29-15-17-5-9-20(26)10-6-17;/h3-12,27H,2,13-15H2,1H3;1H. The Kier molecular flexibility index (Phi) is 9.56. The Balaban J connectivity index is 0.00000320. The number of rotatable bonds is 9. The van der Waals surface area contributed by atoms with Crippen LogP contribution in [-0.4, -0.2) is 6.61 Å². The molecule has 0 fully saturated rings. The maximum Gasteiger partial charge on any atom is 0.175 e. The van der Waals surface area contributed by atoms with Crippen LogP contribution in [-0.2, 0) is 19.7 Å². The van der Waals surface area contributed by atoms with E-state index >= 15 is 0 Å².